The summed E-state index contributed by atoms with van der Waals surface area (Å²) in [6.07, 6.45) is 0.694. The van der Waals surface area contributed by atoms with E-state index in [0.29, 0.717) is 6.42 Å². The molecule has 1 aliphatic heterocycles. The van der Waals surface area contributed by atoms with Gasteiger partial charge in [0.25, 0.3) is 0 Å². The minimum absolute atomic E-state index is 0.0421. The summed E-state index contributed by atoms with van der Waals surface area (Å²) in [5.74, 6) is 1.39. The molecule has 5 nitrogen and oxygen atoms in total. The lowest BCUT2D eigenvalue weighted by Crippen LogP contribution is -2.37. The van der Waals surface area contributed by atoms with E-state index >= 15 is 0 Å². The summed E-state index contributed by atoms with van der Waals surface area (Å²) in [5.41, 5.74) is 2.02. The fourth-order valence-electron chi connectivity index (χ4n) is 2.97. The lowest BCUT2D eigenvalue weighted by molar-refractivity contribution is 0.598. The Morgan fingerprint density at radius 3 is 2.75 bits per heavy atom. The fraction of sp³-hybridized carbons (Fsp3) is 0.500. The second kappa shape index (κ2) is 4.77. The Hall–Kier alpha value is -1.56. The molecular formula is C14H19N3O2S. The molecule has 6 heteroatoms. The van der Waals surface area contributed by atoms with Crippen LogP contribution in [0.25, 0.3) is 11.0 Å². The minimum Gasteiger partial charge on any atom is -0.338 e. The molecule has 1 aromatic carbocycles. The van der Waals surface area contributed by atoms with Crippen LogP contribution in [0.1, 0.15) is 13.3 Å². The van der Waals surface area contributed by atoms with Gasteiger partial charge in [0.05, 0.1) is 22.5 Å². The first-order valence-electron chi connectivity index (χ1n) is 6.90. The number of rotatable bonds is 3. The van der Waals surface area contributed by atoms with Crippen molar-refractivity contribution in [3.8, 4) is 0 Å². The van der Waals surface area contributed by atoms with E-state index in [1.807, 2.05) is 42.8 Å². The third kappa shape index (κ3) is 2.18. The molecule has 108 valence electrons. The van der Waals surface area contributed by atoms with Gasteiger partial charge in [0.15, 0.2) is 9.84 Å². The van der Waals surface area contributed by atoms with E-state index in [-0.39, 0.29) is 17.5 Å². The van der Waals surface area contributed by atoms with Crippen LogP contribution in [0.4, 0.5) is 5.95 Å². The molecule has 1 fully saturated rings. The van der Waals surface area contributed by atoms with E-state index in [0.717, 1.165) is 23.5 Å². The van der Waals surface area contributed by atoms with E-state index in [9.17, 15) is 8.42 Å². The fourth-order valence-corrected chi connectivity index (χ4v) is 4.70. The zero-order valence-corrected chi connectivity index (χ0v) is 12.6. The van der Waals surface area contributed by atoms with Crippen molar-refractivity contribution in [1.82, 2.24) is 9.55 Å². The molecule has 1 saturated heterocycles. The molecule has 0 bridgehead atoms. The van der Waals surface area contributed by atoms with Crippen LogP contribution in [0, 0.1) is 0 Å². The van der Waals surface area contributed by atoms with E-state index in [1.165, 1.54) is 0 Å². The number of imidazole rings is 1. The largest absolute Gasteiger partial charge is 0.338 e. The first kappa shape index (κ1) is 13.4. The van der Waals surface area contributed by atoms with Gasteiger partial charge >= 0.3 is 0 Å². The highest BCUT2D eigenvalue weighted by Gasteiger charge is 2.33. The molecule has 0 amide bonds. The number of aryl methyl sites for hydroxylation is 1. The third-order valence-electron chi connectivity index (χ3n) is 4.01. The number of nitrogens with zero attached hydrogens (tertiary/aromatic N) is 3. The zero-order valence-electron chi connectivity index (χ0n) is 11.8. The van der Waals surface area contributed by atoms with Gasteiger partial charge in [0.1, 0.15) is 0 Å². The van der Waals surface area contributed by atoms with Crippen molar-refractivity contribution in [2.24, 2.45) is 7.05 Å². The Labute approximate surface area is 119 Å². The van der Waals surface area contributed by atoms with Crippen LogP contribution in [-0.2, 0) is 16.9 Å². The van der Waals surface area contributed by atoms with Crippen molar-refractivity contribution in [2.75, 3.05) is 23.0 Å². The number of sulfone groups is 1. The van der Waals surface area contributed by atoms with Crippen molar-refractivity contribution in [1.29, 1.82) is 0 Å². The van der Waals surface area contributed by atoms with E-state index < -0.39 is 9.84 Å². The normalized spacial score (nSPS) is 21.4. The van der Waals surface area contributed by atoms with Gasteiger partial charge in [-0.2, -0.15) is 0 Å². The van der Waals surface area contributed by atoms with Crippen LogP contribution >= 0.6 is 0 Å². The zero-order chi connectivity index (χ0) is 14.3. The summed E-state index contributed by atoms with van der Waals surface area (Å²) in [4.78, 5) is 6.79. The van der Waals surface area contributed by atoms with Gasteiger partial charge in [-0.3, -0.25) is 0 Å². The van der Waals surface area contributed by atoms with Crippen LogP contribution < -0.4 is 4.90 Å². The maximum Gasteiger partial charge on any atom is 0.206 e. The number of fused-ring (bicyclic) bond motifs is 1. The molecule has 3 rings (SSSR count). The highest BCUT2D eigenvalue weighted by atomic mass is 32.2. The lowest BCUT2D eigenvalue weighted by Gasteiger charge is -2.27. The summed E-state index contributed by atoms with van der Waals surface area (Å²) in [6.45, 7) is 2.81. The molecule has 0 radical (unpaired) electrons. The monoisotopic (exact) mass is 293 g/mol. The maximum absolute atomic E-state index is 11.7. The van der Waals surface area contributed by atoms with Gasteiger partial charge in [0.2, 0.25) is 5.95 Å². The van der Waals surface area contributed by atoms with Crippen LogP contribution in [-0.4, -0.2) is 42.1 Å². The predicted octanol–water partition coefficient (Wildman–Crippen LogP) is 1.59. The average Bonchev–Trinajstić information content (AvgIpc) is 2.93. The number of para-hydroxylation sites is 2. The topological polar surface area (TPSA) is 55.2 Å². The van der Waals surface area contributed by atoms with E-state index in [4.69, 9.17) is 0 Å². The summed E-state index contributed by atoms with van der Waals surface area (Å²) < 4.78 is 25.4. The molecule has 2 aromatic rings. The molecule has 2 heterocycles. The average molecular weight is 293 g/mol. The number of benzene rings is 1. The highest BCUT2D eigenvalue weighted by molar-refractivity contribution is 7.91. The molecule has 1 aliphatic rings. The summed E-state index contributed by atoms with van der Waals surface area (Å²) in [6, 6.07) is 8.02. The highest BCUT2D eigenvalue weighted by Crippen LogP contribution is 2.26. The molecule has 0 N–H and O–H groups in total. The number of hydrogen-bond donors (Lipinski definition) is 0. The Morgan fingerprint density at radius 1 is 1.40 bits per heavy atom. The van der Waals surface area contributed by atoms with Crippen LogP contribution in [0.15, 0.2) is 24.3 Å². The van der Waals surface area contributed by atoms with Crippen LogP contribution in [0.2, 0.25) is 0 Å². The SMILES string of the molecule is CCN(c1nc2ccccc2n1C)C1CCS(=O)(=O)C1. The van der Waals surface area contributed by atoms with Crippen molar-refractivity contribution in [2.45, 2.75) is 19.4 Å². The first-order chi connectivity index (χ1) is 9.52. The molecule has 0 spiro atoms. The summed E-state index contributed by atoms with van der Waals surface area (Å²) in [5, 5.41) is 0. The number of hydrogen-bond acceptors (Lipinski definition) is 4. The lowest BCUT2D eigenvalue weighted by atomic mass is 10.2. The quantitative estimate of drug-likeness (QED) is 0.862. The molecular weight excluding hydrogens is 274 g/mol. The van der Waals surface area contributed by atoms with Crippen LogP contribution in [0.3, 0.4) is 0 Å². The second-order valence-electron chi connectivity index (χ2n) is 5.30. The minimum atomic E-state index is -2.88. The van der Waals surface area contributed by atoms with Crippen molar-refractivity contribution >= 4 is 26.8 Å². The van der Waals surface area contributed by atoms with Gasteiger partial charge in [-0.25, -0.2) is 13.4 Å². The molecule has 20 heavy (non-hydrogen) atoms. The molecule has 0 aliphatic carbocycles. The number of aromatic nitrogens is 2. The Morgan fingerprint density at radius 2 is 2.15 bits per heavy atom. The molecule has 1 aromatic heterocycles. The summed E-state index contributed by atoms with van der Waals surface area (Å²) in [7, 11) is -0.897. The van der Waals surface area contributed by atoms with Gasteiger partial charge in [-0.1, -0.05) is 12.1 Å². The van der Waals surface area contributed by atoms with Crippen LogP contribution in [0.5, 0.6) is 0 Å². The molecule has 1 unspecified atom stereocenters. The Bertz CT molecular complexity index is 736. The van der Waals surface area contributed by atoms with Gasteiger partial charge < -0.3 is 9.47 Å². The third-order valence-corrected chi connectivity index (χ3v) is 5.76. The maximum atomic E-state index is 11.7. The molecule has 1 atom stereocenters. The predicted molar refractivity (Wildman–Crippen MR) is 80.8 cm³/mol. The van der Waals surface area contributed by atoms with Crippen molar-refractivity contribution in [3.63, 3.8) is 0 Å². The van der Waals surface area contributed by atoms with E-state index in [1.54, 1.807) is 0 Å². The van der Waals surface area contributed by atoms with Crippen molar-refractivity contribution < 1.29 is 8.42 Å². The van der Waals surface area contributed by atoms with Gasteiger partial charge in [0, 0.05) is 19.6 Å². The van der Waals surface area contributed by atoms with Gasteiger partial charge in [-0.15, -0.1) is 0 Å². The Balaban J connectivity index is 2.02. The van der Waals surface area contributed by atoms with Crippen molar-refractivity contribution in [3.05, 3.63) is 24.3 Å². The first-order valence-corrected chi connectivity index (χ1v) is 8.72. The molecule has 0 saturated carbocycles. The van der Waals surface area contributed by atoms with E-state index in [2.05, 4.69) is 9.88 Å². The smallest absolute Gasteiger partial charge is 0.206 e. The summed E-state index contributed by atoms with van der Waals surface area (Å²) >= 11 is 0. The second-order valence-corrected chi connectivity index (χ2v) is 7.53. The Kier molecular flexibility index (Phi) is 3.20. The standard InChI is InChI=1S/C14H19N3O2S/c1-3-17(11-8-9-20(18,19)10-11)14-15-12-6-4-5-7-13(12)16(14)2/h4-7,11H,3,8-10H2,1-2H3. The number of anilines is 1. The van der Waals surface area contributed by atoms with Gasteiger partial charge in [-0.05, 0) is 25.5 Å².